The zero-order chi connectivity index (χ0) is 19.8. The summed E-state index contributed by atoms with van der Waals surface area (Å²) >= 11 is 0. The maximum Gasteiger partial charge on any atom is 0.231 e. The summed E-state index contributed by atoms with van der Waals surface area (Å²) in [5.41, 5.74) is 2.27. The van der Waals surface area contributed by atoms with Crippen LogP contribution in [0, 0.1) is 0 Å². The minimum Gasteiger partial charge on any atom is -0.493 e. The third-order valence-electron chi connectivity index (χ3n) is 4.96. The van der Waals surface area contributed by atoms with Crippen molar-refractivity contribution in [2.75, 3.05) is 40.5 Å². The molecule has 1 N–H and O–H groups in total. The van der Waals surface area contributed by atoms with Crippen molar-refractivity contribution in [2.24, 2.45) is 0 Å². The second-order valence-corrected chi connectivity index (χ2v) is 6.37. The third kappa shape index (κ3) is 2.72. The van der Waals surface area contributed by atoms with Crippen molar-refractivity contribution in [2.45, 2.75) is 12.3 Å². The summed E-state index contributed by atoms with van der Waals surface area (Å²) < 4.78 is 33.1. The molecule has 0 aromatic heterocycles. The number of fused-ring (bicyclic) bond motifs is 2. The van der Waals surface area contributed by atoms with Crippen LogP contribution in [0.5, 0.6) is 34.5 Å². The maximum atomic E-state index is 12.4. The van der Waals surface area contributed by atoms with E-state index in [0.29, 0.717) is 40.2 Å². The van der Waals surface area contributed by atoms with Gasteiger partial charge in [-0.1, -0.05) is 0 Å². The van der Waals surface area contributed by atoms with Crippen LogP contribution in [0.15, 0.2) is 18.2 Å². The molecule has 0 spiro atoms. The SMILES string of the molecule is COc1cc(C2CC(=O)Nc3cc(OC)c(OC)c(OC)c32)cc2c1OCO2. The molecule has 0 fully saturated rings. The number of carbonyl (C=O) groups is 1. The summed E-state index contributed by atoms with van der Waals surface area (Å²) in [5.74, 6) is 2.76. The number of rotatable bonds is 5. The minimum absolute atomic E-state index is 0.108. The number of methoxy groups -OCH3 is 4. The summed E-state index contributed by atoms with van der Waals surface area (Å²) in [4.78, 5) is 12.4. The predicted octanol–water partition coefficient (Wildman–Crippen LogP) is 2.92. The molecular formula is C20H21NO7. The first-order valence-corrected chi connectivity index (χ1v) is 8.71. The number of hydrogen-bond acceptors (Lipinski definition) is 7. The van der Waals surface area contributed by atoms with Crippen LogP contribution >= 0.6 is 0 Å². The first kappa shape index (κ1) is 18.1. The molecule has 8 heteroatoms. The van der Waals surface area contributed by atoms with Crippen LogP contribution in [0.25, 0.3) is 0 Å². The van der Waals surface area contributed by atoms with Gasteiger partial charge in [0, 0.05) is 24.0 Å². The molecular weight excluding hydrogens is 366 g/mol. The average Bonchev–Trinajstić information content (AvgIpc) is 3.19. The van der Waals surface area contributed by atoms with Crippen molar-refractivity contribution < 1.29 is 33.2 Å². The number of hydrogen-bond donors (Lipinski definition) is 1. The van der Waals surface area contributed by atoms with Gasteiger partial charge in [0.25, 0.3) is 0 Å². The van der Waals surface area contributed by atoms with Crippen molar-refractivity contribution in [3.63, 3.8) is 0 Å². The van der Waals surface area contributed by atoms with Crippen LogP contribution < -0.4 is 33.7 Å². The van der Waals surface area contributed by atoms with Gasteiger partial charge in [-0.05, 0) is 17.7 Å². The molecule has 2 aromatic rings. The van der Waals surface area contributed by atoms with E-state index in [2.05, 4.69) is 5.32 Å². The summed E-state index contributed by atoms with van der Waals surface area (Å²) in [6.45, 7) is 0.130. The first-order valence-electron chi connectivity index (χ1n) is 8.71. The van der Waals surface area contributed by atoms with Gasteiger partial charge in [0.05, 0.1) is 34.1 Å². The Kier molecular flexibility index (Phi) is 4.54. The summed E-state index contributed by atoms with van der Waals surface area (Å²) in [6.07, 6.45) is 0.238. The molecule has 2 aromatic carbocycles. The number of benzene rings is 2. The van der Waals surface area contributed by atoms with E-state index >= 15 is 0 Å². The van der Waals surface area contributed by atoms with E-state index < -0.39 is 0 Å². The molecule has 0 radical (unpaired) electrons. The van der Waals surface area contributed by atoms with Gasteiger partial charge in [0.2, 0.25) is 24.2 Å². The van der Waals surface area contributed by atoms with Gasteiger partial charge in [0.15, 0.2) is 23.0 Å². The quantitative estimate of drug-likeness (QED) is 0.844. The van der Waals surface area contributed by atoms with Crippen LogP contribution in [0.3, 0.4) is 0 Å². The predicted molar refractivity (Wildman–Crippen MR) is 100 cm³/mol. The number of ether oxygens (including phenoxy) is 6. The monoisotopic (exact) mass is 387 g/mol. The third-order valence-corrected chi connectivity index (χ3v) is 4.96. The Balaban J connectivity index is 1.93. The van der Waals surface area contributed by atoms with Crippen molar-refractivity contribution in [1.29, 1.82) is 0 Å². The minimum atomic E-state index is -0.290. The highest BCUT2D eigenvalue weighted by Gasteiger charge is 2.35. The number of amides is 1. The number of nitrogens with one attached hydrogen (secondary N) is 1. The normalized spacial score (nSPS) is 16.9. The van der Waals surface area contributed by atoms with Gasteiger partial charge in [0.1, 0.15) is 0 Å². The van der Waals surface area contributed by atoms with Gasteiger partial charge in [-0.3, -0.25) is 4.79 Å². The van der Waals surface area contributed by atoms with Gasteiger partial charge in [-0.2, -0.15) is 0 Å². The molecule has 8 nitrogen and oxygen atoms in total. The second kappa shape index (κ2) is 7.03. The first-order chi connectivity index (χ1) is 13.6. The molecule has 0 saturated carbocycles. The Morgan fingerprint density at radius 2 is 1.68 bits per heavy atom. The van der Waals surface area contributed by atoms with E-state index in [-0.39, 0.29) is 25.0 Å². The lowest BCUT2D eigenvalue weighted by Crippen LogP contribution is -2.24. The van der Waals surface area contributed by atoms with Crippen molar-refractivity contribution >= 4 is 11.6 Å². The van der Waals surface area contributed by atoms with E-state index in [0.717, 1.165) is 11.1 Å². The molecule has 2 heterocycles. The molecule has 28 heavy (non-hydrogen) atoms. The molecule has 2 aliphatic heterocycles. The lowest BCUT2D eigenvalue weighted by Gasteiger charge is -2.29. The number of carbonyl (C=O) groups excluding carboxylic acids is 1. The average molecular weight is 387 g/mol. The molecule has 148 valence electrons. The van der Waals surface area contributed by atoms with Crippen LogP contribution in [0.4, 0.5) is 5.69 Å². The molecule has 1 unspecified atom stereocenters. The van der Waals surface area contributed by atoms with Gasteiger partial charge >= 0.3 is 0 Å². The molecule has 1 atom stereocenters. The maximum absolute atomic E-state index is 12.4. The number of anilines is 1. The summed E-state index contributed by atoms with van der Waals surface area (Å²) in [7, 11) is 6.21. The van der Waals surface area contributed by atoms with Crippen molar-refractivity contribution in [3.05, 3.63) is 29.3 Å². The Hall–Kier alpha value is -3.29. The van der Waals surface area contributed by atoms with Gasteiger partial charge in [-0.25, -0.2) is 0 Å². The molecule has 2 aliphatic rings. The van der Waals surface area contributed by atoms with Crippen LogP contribution in [-0.4, -0.2) is 41.1 Å². The molecule has 0 saturated heterocycles. The topological polar surface area (TPSA) is 84.5 Å². The van der Waals surface area contributed by atoms with E-state index in [4.69, 9.17) is 28.4 Å². The van der Waals surface area contributed by atoms with Gasteiger partial charge in [-0.15, -0.1) is 0 Å². The van der Waals surface area contributed by atoms with Crippen LogP contribution in [0.2, 0.25) is 0 Å². The fourth-order valence-electron chi connectivity index (χ4n) is 3.75. The smallest absolute Gasteiger partial charge is 0.231 e. The highest BCUT2D eigenvalue weighted by molar-refractivity contribution is 5.97. The Morgan fingerprint density at radius 1 is 0.929 bits per heavy atom. The van der Waals surface area contributed by atoms with E-state index in [9.17, 15) is 4.79 Å². The van der Waals surface area contributed by atoms with E-state index in [1.165, 1.54) is 7.11 Å². The standard InChI is InChI=1S/C20H21NO7/c1-23-13-5-10(6-15-18(13)28-9-27-15)11-7-16(22)21-12-8-14(24-2)19(25-3)20(26-4)17(11)12/h5-6,8,11H,7,9H2,1-4H3,(H,21,22). The fourth-order valence-corrected chi connectivity index (χ4v) is 3.75. The Morgan fingerprint density at radius 3 is 2.36 bits per heavy atom. The summed E-state index contributed by atoms with van der Waals surface area (Å²) in [5, 5.41) is 2.90. The Bertz CT molecular complexity index is 941. The van der Waals surface area contributed by atoms with E-state index in [1.807, 2.05) is 12.1 Å². The zero-order valence-corrected chi connectivity index (χ0v) is 16.1. The molecule has 1 amide bonds. The Labute approximate surface area is 162 Å². The fraction of sp³-hybridized carbons (Fsp3) is 0.350. The molecule has 4 rings (SSSR count). The van der Waals surface area contributed by atoms with E-state index in [1.54, 1.807) is 27.4 Å². The largest absolute Gasteiger partial charge is 0.493 e. The highest BCUT2D eigenvalue weighted by atomic mass is 16.7. The van der Waals surface area contributed by atoms with Gasteiger partial charge < -0.3 is 33.7 Å². The zero-order valence-electron chi connectivity index (χ0n) is 16.1. The second-order valence-electron chi connectivity index (χ2n) is 6.37. The summed E-state index contributed by atoms with van der Waals surface area (Å²) in [6, 6.07) is 5.47. The van der Waals surface area contributed by atoms with Crippen LogP contribution in [0.1, 0.15) is 23.5 Å². The van der Waals surface area contributed by atoms with Crippen LogP contribution in [-0.2, 0) is 4.79 Å². The molecule has 0 aliphatic carbocycles. The van der Waals surface area contributed by atoms with Crippen molar-refractivity contribution in [3.8, 4) is 34.5 Å². The van der Waals surface area contributed by atoms with Crippen molar-refractivity contribution in [1.82, 2.24) is 0 Å². The highest BCUT2D eigenvalue weighted by Crippen LogP contribution is 2.53. The molecule has 0 bridgehead atoms. The lowest BCUT2D eigenvalue weighted by atomic mass is 9.83. The lowest BCUT2D eigenvalue weighted by molar-refractivity contribution is -0.116.